The van der Waals surface area contributed by atoms with E-state index in [9.17, 15) is 14.0 Å². The van der Waals surface area contributed by atoms with Gasteiger partial charge in [-0.1, -0.05) is 0 Å². The third kappa shape index (κ3) is 2.97. The number of morpholine rings is 1. The summed E-state index contributed by atoms with van der Waals surface area (Å²) >= 11 is 0. The van der Waals surface area contributed by atoms with Crippen LogP contribution in [-0.4, -0.2) is 51.3 Å². The Bertz CT molecular complexity index is 1010. The molecule has 4 rings (SSSR count). The monoisotopic (exact) mass is 357 g/mol. The fourth-order valence-corrected chi connectivity index (χ4v) is 2.90. The van der Waals surface area contributed by atoms with Crippen LogP contribution < -0.4 is 10.6 Å². The van der Waals surface area contributed by atoms with Gasteiger partial charge in [0.15, 0.2) is 11.6 Å². The summed E-state index contributed by atoms with van der Waals surface area (Å²) < 4.78 is 20.8. The molecule has 0 aliphatic carbocycles. The van der Waals surface area contributed by atoms with Crippen LogP contribution in [0.3, 0.4) is 0 Å². The van der Waals surface area contributed by atoms with Crippen molar-refractivity contribution in [1.82, 2.24) is 19.2 Å². The van der Waals surface area contributed by atoms with Gasteiger partial charge in [0.2, 0.25) is 5.65 Å². The number of Topliss-reactive ketones (excluding diaryl/α,β-unsaturated/α-hetero) is 1. The van der Waals surface area contributed by atoms with Crippen LogP contribution in [0.1, 0.15) is 10.4 Å². The number of ketones is 1. The van der Waals surface area contributed by atoms with Crippen molar-refractivity contribution in [3.8, 4) is 0 Å². The van der Waals surface area contributed by atoms with Crippen molar-refractivity contribution in [1.29, 1.82) is 0 Å². The second-order valence-corrected chi connectivity index (χ2v) is 5.91. The van der Waals surface area contributed by atoms with E-state index in [0.29, 0.717) is 43.3 Å². The molecule has 0 amide bonds. The lowest BCUT2D eigenvalue weighted by Crippen LogP contribution is -2.37. The number of fused-ring (bicyclic) bond motifs is 1. The van der Waals surface area contributed by atoms with E-state index in [1.54, 1.807) is 0 Å². The van der Waals surface area contributed by atoms with E-state index >= 15 is 0 Å². The van der Waals surface area contributed by atoms with Gasteiger partial charge in [0, 0.05) is 31.0 Å². The van der Waals surface area contributed by atoms with E-state index in [0.717, 1.165) is 4.68 Å². The molecule has 3 aromatic rings. The van der Waals surface area contributed by atoms with Crippen LogP contribution in [0.4, 0.5) is 10.2 Å². The van der Waals surface area contributed by atoms with Gasteiger partial charge in [-0.2, -0.15) is 0 Å². The molecule has 9 heteroatoms. The molecular formula is C17H16FN5O3. The fourth-order valence-electron chi connectivity index (χ4n) is 2.90. The number of hydrogen-bond acceptors (Lipinski definition) is 6. The number of benzene rings is 1. The van der Waals surface area contributed by atoms with Crippen LogP contribution in [0, 0.1) is 5.82 Å². The van der Waals surface area contributed by atoms with Crippen LogP contribution in [-0.2, 0) is 11.3 Å². The van der Waals surface area contributed by atoms with Gasteiger partial charge in [0.1, 0.15) is 12.4 Å². The number of carbonyl (C=O) groups is 1. The maximum Gasteiger partial charge on any atom is 0.350 e. The van der Waals surface area contributed by atoms with Crippen molar-refractivity contribution >= 4 is 17.2 Å². The Morgan fingerprint density at radius 1 is 1.19 bits per heavy atom. The number of rotatable bonds is 4. The summed E-state index contributed by atoms with van der Waals surface area (Å²) in [5.41, 5.74) is 0.292. The van der Waals surface area contributed by atoms with Crippen molar-refractivity contribution in [3.05, 3.63) is 58.5 Å². The summed E-state index contributed by atoms with van der Waals surface area (Å²) in [7, 11) is 0. The molecule has 1 fully saturated rings. The zero-order chi connectivity index (χ0) is 18.1. The summed E-state index contributed by atoms with van der Waals surface area (Å²) in [6, 6.07) is 5.19. The molecule has 134 valence electrons. The molecule has 0 saturated carbocycles. The minimum absolute atomic E-state index is 0.227. The summed E-state index contributed by atoms with van der Waals surface area (Å²) in [4.78, 5) is 31.3. The largest absolute Gasteiger partial charge is 0.378 e. The predicted molar refractivity (Wildman–Crippen MR) is 91.0 cm³/mol. The van der Waals surface area contributed by atoms with Gasteiger partial charge in [0.25, 0.3) is 0 Å². The van der Waals surface area contributed by atoms with E-state index in [4.69, 9.17) is 4.74 Å². The second kappa shape index (κ2) is 6.68. The lowest BCUT2D eigenvalue weighted by atomic mass is 10.1. The molecule has 3 heterocycles. The average Bonchev–Trinajstić information content (AvgIpc) is 2.99. The van der Waals surface area contributed by atoms with Crippen molar-refractivity contribution < 1.29 is 13.9 Å². The van der Waals surface area contributed by atoms with Gasteiger partial charge in [-0.25, -0.2) is 23.3 Å². The smallest absolute Gasteiger partial charge is 0.350 e. The normalized spacial score (nSPS) is 14.7. The van der Waals surface area contributed by atoms with Crippen molar-refractivity contribution in [2.45, 2.75) is 6.54 Å². The highest BCUT2D eigenvalue weighted by Crippen LogP contribution is 2.17. The number of hydrogen-bond donors (Lipinski definition) is 0. The van der Waals surface area contributed by atoms with E-state index in [1.165, 1.54) is 41.1 Å². The van der Waals surface area contributed by atoms with Crippen molar-refractivity contribution in [2.75, 3.05) is 31.2 Å². The minimum atomic E-state index is -0.424. The first-order chi connectivity index (χ1) is 12.6. The minimum Gasteiger partial charge on any atom is -0.378 e. The molecule has 0 N–H and O–H groups in total. The van der Waals surface area contributed by atoms with E-state index in [2.05, 4.69) is 10.1 Å². The summed E-state index contributed by atoms with van der Waals surface area (Å²) in [6.45, 7) is 2.24. The molecule has 1 saturated heterocycles. The van der Waals surface area contributed by atoms with E-state index < -0.39 is 11.5 Å². The highest BCUT2D eigenvalue weighted by atomic mass is 19.1. The number of halogens is 1. The van der Waals surface area contributed by atoms with Gasteiger partial charge < -0.3 is 9.64 Å². The molecule has 0 unspecified atom stereocenters. The van der Waals surface area contributed by atoms with Gasteiger partial charge in [-0.05, 0) is 24.3 Å². The topological polar surface area (TPSA) is 81.7 Å². The molecule has 0 spiro atoms. The average molecular weight is 357 g/mol. The van der Waals surface area contributed by atoms with Gasteiger partial charge in [-0.3, -0.25) is 4.79 Å². The number of aromatic nitrogens is 4. The number of anilines is 1. The number of ether oxygens (including phenoxy) is 1. The molecule has 1 aromatic carbocycles. The molecule has 1 aliphatic heterocycles. The summed E-state index contributed by atoms with van der Waals surface area (Å²) in [5, 5.41) is 4.30. The molecule has 2 aromatic heterocycles. The number of carbonyl (C=O) groups excluding carboxylic acids is 1. The Morgan fingerprint density at radius 3 is 2.65 bits per heavy atom. The third-order valence-electron chi connectivity index (χ3n) is 4.25. The van der Waals surface area contributed by atoms with Gasteiger partial charge >= 0.3 is 5.69 Å². The summed E-state index contributed by atoms with van der Waals surface area (Å²) in [6.07, 6.45) is 3.06. The molecule has 1 aliphatic rings. The lowest BCUT2D eigenvalue weighted by molar-refractivity contribution is 0.0966. The first-order valence-corrected chi connectivity index (χ1v) is 8.19. The predicted octanol–water partition coefficient (Wildman–Crippen LogP) is 0.750. The quantitative estimate of drug-likeness (QED) is 0.641. The SMILES string of the molecule is O=C(Cn1nc2c(N3CCOCC3)nccn2c1=O)c1ccc(F)cc1. The number of nitrogens with zero attached hydrogens (tertiary/aromatic N) is 5. The van der Waals surface area contributed by atoms with E-state index in [-0.39, 0.29) is 12.3 Å². The first-order valence-electron chi connectivity index (χ1n) is 8.19. The fraction of sp³-hybridized carbons (Fsp3) is 0.294. The van der Waals surface area contributed by atoms with Gasteiger partial charge in [0.05, 0.1) is 13.2 Å². The Morgan fingerprint density at radius 2 is 1.92 bits per heavy atom. The molecule has 0 radical (unpaired) electrons. The third-order valence-corrected chi connectivity index (χ3v) is 4.25. The first kappa shape index (κ1) is 16.4. The molecule has 26 heavy (non-hydrogen) atoms. The lowest BCUT2D eigenvalue weighted by Gasteiger charge is -2.27. The molecular weight excluding hydrogens is 341 g/mol. The van der Waals surface area contributed by atoms with Crippen molar-refractivity contribution in [2.24, 2.45) is 0 Å². The zero-order valence-corrected chi connectivity index (χ0v) is 13.8. The highest BCUT2D eigenvalue weighted by Gasteiger charge is 2.20. The van der Waals surface area contributed by atoms with Crippen LogP contribution in [0.15, 0.2) is 41.5 Å². The Balaban J connectivity index is 1.68. The molecule has 8 nitrogen and oxygen atoms in total. The van der Waals surface area contributed by atoms with Crippen LogP contribution >= 0.6 is 0 Å². The van der Waals surface area contributed by atoms with Gasteiger partial charge in [-0.15, -0.1) is 5.10 Å². The van der Waals surface area contributed by atoms with Crippen LogP contribution in [0.2, 0.25) is 0 Å². The summed E-state index contributed by atoms with van der Waals surface area (Å²) in [5.74, 6) is -0.162. The zero-order valence-electron chi connectivity index (χ0n) is 13.8. The second-order valence-electron chi connectivity index (χ2n) is 5.91. The van der Waals surface area contributed by atoms with Crippen LogP contribution in [0.25, 0.3) is 5.65 Å². The highest BCUT2D eigenvalue weighted by molar-refractivity contribution is 5.95. The Labute approximate surface area is 147 Å². The van der Waals surface area contributed by atoms with Crippen molar-refractivity contribution in [3.63, 3.8) is 0 Å². The van der Waals surface area contributed by atoms with Crippen LogP contribution in [0.5, 0.6) is 0 Å². The Kier molecular flexibility index (Phi) is 4.21. The molecule has 0 atom stereocenters. The maximum atomic E-state index is 13.0. The van der Waals surface area contributed by atoms with E-state index in [1.807, 2.05) is 4.90 Å². The molecule has 0 bridgehead atoms. The Hall–Kier alpha value is -3.07. The maximum absolute atomic E-state index is 13.0. The standard InChI is InChI=1S/C17H16FN5O3/c18-13-3-1-12(2-4-13)14(24)11-23-17(25)22-6-5-19-15(16(22)20-23)21-7-9-26-10-8-21/h1-6H,7-11H2.